The van der Waals surface area contributed by atoms with E-state index in [-0.39, 0.29) is 10.7 Å². The number of thioether (sulfide) groups is 1. The molecule has 0 saturated carbocycles. The molecule has 0 unspecified atom stereocenters. The number of nitrogens with zero attached hydrogens (tertiary/aromatic N) is 1. The fourth-order valence-electron chi connectivity index (χ4n) is 1.89. The summed E-state index contributed by atoms with van der Waals surface area (Å²) in [6.45, 7) is 5.02. The quantitative estimate of drug-likeness (QED) is 0.804. The van der Waals surface area contributed by atoms with Crippen molar-refractivity contribution in [3.8, 4) is 0 Å². The van der Waals surface area contributed by atoms with Crippen molar-refractivity contribution in [1.82, 2.24) is 10.3 Å². The minimum absolute atomic E-state index is 0.0117. The molecule has 0 atom stereocenters. The van der Waals surface area contributed by atoms with Gasteiger partial charge in [-0.15, -0.1) is 0 Å². The number of hydrogen-bond acceptors (Lipinski definition) is 4. The lowest BCUT2D eigenvalue weighted by Gasteiger charge is -2.29. The van der Waals surface area contributed by atoms with Gasteiger partial charge in [0.2, 0.25) is 5.91 Å². The van der Waals surface area contributed by atoms with Crippen molar-refractivity contribution >= 4 is 23.4 Å². The third-order valence-corrected chi connectivity index (χ3v) is 5.11. The van der Waals surface area contributed by atoms with Crippen LogP contribution in [0.5, 0.6) is 0 Å². The molecule has 0 radical (unpaired) electrons. The third-order valence-electron chi connectivity index (χ3n) is 3.52. The molecule has 0 aliphatic rings. The normalized spacial score (nSPS) is 11.3. The van der Waals surface area contributed by atoms with Crippen molar-refractivity contribution in [2.75, 3.05) is 18.5 Å². The molecule has 0 aromatic carbocycles. The van der Waals surface area contributed by atoms with Crippen LogP contribution in [0.15, 0.2) is 18.3 Å². The van der Waals surface area contributed by atoms with E-state index < -0.39 is 0 Å². The number of pyridine rings is 1. The molecule has 4 nitrogen and oxygen atoms in total. The van der Waals surface area contributed by atoms with E-state index in [9.17, 15) is 4.79 Å². The van der Waals surface area contributed by atoms with E-state index in [1.807, 2.05) is 11.8 Å². The second-order valence-corrected chi connectivity index (χ2v) is 5.90. The van der Waals surface area contributed by atoms with Crippen LogP contribution in [-0.4, -0.2) is 28.4 Å². The number of aromatic nitrogens is 1. The zero-order chi connectivity index (χ0) is 14.3. The zero-order valence-electron chi connectivity index (χ0n) is 11.9. The molecule has 106 valence electrons. The van der Waals surface area contributed by atoms with Gasteiger partial charge in [0.25, 0.3) is 0 Å². The van der Waals surface area contributed by atoms with Crippen LogP contribution in [0.2, 0.25) is 0 Å². The standard InChI is InChI=1S/C14H23N3OS/c1-4-14(5-2,19-3)10-17-13(18)8-12-7-6-11(15)9-16-12/h6-7,9H,4-5,8,10,15H2,1-3H3,(H,17,18). The van der Waals surface area contributed by atoms with E-state index in [0.29, 0.717) is 18.7 Å². The number of nitrogens with two attached hydrogens (primary N) is 1. The molecule has 0 aliphatic heterocycles. The summed E-state index contributed by atoms with van der Waals surface area (Å²) in [5.74, 6) is 0.0117. The van der Waals surface area contributed by atoms with Crippen LogP contribution in [0, 0.1) is 0 Å². The van der Waals surface area contributed by atoms with Gasteiger partial charge in [-0.05, 0) is 31.2 Å². The highest BCUT2D eigenvalue weighted by Crippen LogP contribution is 2.29. The van der Waals surface area contributed by atoms with Gasteiger partial charge in [0.15, 0.2) is 0 Å². The number of rotatable bonds is 7. The van der Waals surface area contributed by atoms with Gasteiger partial charge < -0.3 is 11.1 Å². The molecular formula is C14H23N3OS. The van der Waals surface area contributed by atoms with Crippen LogP contribution >= 0.6 is 11.8 Å². The van der Waals surface area contributed by atoms with Gasteiger partial charge in [-0.2, -0.15) is 11.8 Å². The summed E-state index contributed by atoms with van der Waals surface area (Å²) in [5, 5.41) is 3.01. The number of hydrogen-bond donors (Lipinski definition) is 2. The Bertz CT molecular complexity index is 393. The molecule has 1 heterocycles. The molecule has 1 amide bonds. The average molecular weight is 281 g/mol. The lowest BCUT2D eigenvalue weighted by atomic mass is 10.0. The topological polar surface area (TPSA) is 68.0 Å². The largest absolute Gasteiger partial charge is 0.397 e. The van der Waals surface area contributed by atoms with Gasteiger partial charge >= 0.3 is 0 Å². The summed E-state index contributed by atoms with van der Waals surface area (Å²) in [4.78, 5) is 16.0. The third kappa shape index (κ3) is 4.74. The average Bonchev–Trinajstić information content (AvgIpc) is 2.44. The summed E-state index contributed by atoms with van der Waals surface area (Å²) in [6.07, 6.45) is 6.07. The first kappa shape index (κ1) is 15.8. The summed E-state index contributed by atoms with van der Waals surface area (Å²) >= 11 is 1.82. The first-order valence-electron chi connectivity index (χ1n) is 6.57. The lowest BCUT2D eigenvalue weighted by Crippen LogP contribution is -2.40. The van der Waals surface area contributed by atoms with E-state index in [2.05, 4.69) is 30.4 Å². The van der Waals surface area contributed by atoms with E-state index >= 15 is 0 Å². The Balaban J connectivity index is 2.49. The second-order valence-electron chi connectivity index (χ2n) is 4.63. The molecule has 1 rings (SSSR count). The first-order valence-corrected chi connectivity index (χ1v) is 7.80. The van der Waals surface area contributed by atoms with Crippen molar-refractivity contribution in [3.05, 3.63) is 24.0 Å². The monoisotopic (exact) mass is 281 g/mol. The Morgan fingerprint density at radius 1 is 1.42 bits per heavy atom. The maximum Gasteiger partial charge on any atom is 0.226 e. The van der Waals surface area contributed by atoms with Gasteiger partial charge in [-0.3, -0.25) is 9.78 Å². The van der Waals surface area contributed by atoms with Crippen LogP contribution in [0.4, 0.5) is 5.69 Å². The Morgan fingerprint density at radius 2 is 2.11 bits per heavy atom. The minimum atomic E-state index is 0.0117. The maximum absolute atomic E-state index is 11.9. The minimum Gasteiger partial charge on any atom is -0.397 e. The van der Waals surface area contributed by atoms with Gasteiger partial charge in [-0.1, -0.05) is 13.8 Å². The second kappa shape index (κ2) is 7.38. The van der Waals surface area contributed by atoms with Crippen molar-refractivity contribution in [2.45, 2.75) is 37.9 Å². The van der Waals surface area contributed by atoms with Gasteiger partial charge in [-0.25, -0.2) is 0 Å². The van der Waals surface area contributed by atoms with E-state index in [4.69, 9.17) is 5.73 Å². The zero-order valence-corrected chi connectivity index (χ0v) is 12.7. The van der Waals surface area contributed by atoms with E-state index in [1.165, 1.54) is 0 Å². The van der Waals surface area contributed by atoms with Crippen LogP contribution < -0.4 is 11.1 Å². The predicted molar refractivity (Wildman–Crippen MR) is 82.2 cm³/mol. The van der Waals surface area contributed by atoms with E-state index in [1.54, 1.807) is 18.3 Å². The summed E-state index contributed by atoms with van der Waals surface area (Å²) in [6, 6.07) is 3.55. The van der Waals surface area contributed by atoms with Crippen LogP contribution in [0.1, 0.15) is 32.4 Å². The Kier molecular flexibility index (Phi) is 6.15. The fourth-order valence-corrected chi connectivity index (χ4v) is 2.68. The molecule has 0 fully saturated rings. The number of carbonyl (C=O) groups is 1. The van der Waals surface area contributed by atoms with Gasteiger partial charge in [0.1, 0.15) is 0 Å². The molecular weight excluding hydrogens is 258 g/mol. The number of carbonyl (C=O) groups excluding carboxylic acids is 1. The van der Waals surface area contributed by atoms with Crippen molar-refractivity contribution in [3.63, 3.8) is 0 Å². The molecule has 0 bridgehead atoms. The van der Waals surface area contributed by atoms with Crippen LogP contribution in [0.3, 0.4) is 0 Å². The number of nitrogen functional groups attached to an aromatic ring is 1. The number of amides is 1. The summed E-state index contributed by atoms with van der Waals surface area (Å²) in [5.41, 5.74) is 6.92. The fraction of sp³-hybridized carbons (Fsp3) is 0.571. The molecule has 5 heteroatoms. The molecule has 0 spiro atoms. The smallest absolute Gasteiger partial charge is 0.226 e. The molecule has 0 aliphatic carbocycles. The van der Waals surface area contributed by atoms with Crippen molar-refractivity contribution in [2.24, 2.45) is 0 Å². The first-order chi connectivity index (χ1) is 9.05. The predicted octanol–water partition coefficient (Wildman–Crippen LogP) is 2.24. The van der Waals surface area contributed by atoms with Gasteiger partial charge in [0.05, 0.1) is 18.3 Å². The van der Waals surface area contributed by atoms with Crippen molar-refractivity contribution in [1.29, 1.82) is 0 Å². The molecule has 1 aromatic heterocycles. The molecule has 19 heavy (non-hydrogen) atoms. The lowest BCUT2D eigenvalue weighted by molar-refractivity contribution is -0.120. The van der Waals surface area contributed by atoms with Crippen LogP contribution in [0.25, 0.3) is 0 Å². The molecule has 0 saturated heterocycles. The molecule has 3 N–H and O–H groups in total. The highest BCUT2D eigenvalue weighted by Gasteiger charge is 2.25. The highest BCUT2D eigenvalue weighted by molar-refractivity contribution is 8.00. The number of nitrogens with one attached hydrogen (secondary N) is 1. The maximum atomic E-state index is 11.9. The van der Waals surface area contributed by atoms with E-state index in [0.717, 1.165) is 18.5 Å². The Labute approximate surface area is 119 Å². The van der Waals surface area contributed by atoms with Crippen LogP contribution in [-0.2, 0) is 11.2 Å². The van der Waals surface area contributed by atoms with Gasteiger partial charge in [0, 0.05) is 17.0 Å². The Hall–Kier alpha value is -1.23. The SMILES string of the molecule is CCC(CC)(CNC(=O)Cc1ccc(N)cn1)SC. The number of anilines is 1. The highest BCUT2D eigenvalue weighted by atomic mass is 32.2. The summed E-state index contributed by atoms with van der Waals surface area (Å²) < 4.78 is 0.143. The summed E-state index contributed by atoms with van der Waals surface area (Å²) in [7, 11) is 0. The van der Waals surface area contributed by atoms with Crippen molar-refractivity contribution < 1.29 is 4.79 Å². The molecule has 1 aromatic rings. The Morgan fingerprint density at radius 3 is 2.58 bits per heavy atom.